The van der Waals surface area contributed by atoms with Gasteiger partial charge in [0.25, 0.3) is 0 Å². The highest BCUT2D eigenvalue weighted by molar-refractivity contribution is 5.53. The topological polar surface area (TPSA) is 69.6 Å². The Morgan fingerprint density at radius 3 is 2.57 bits per heavy atom. The second kappa shape index (κ2) is 5.41. The molecule has 0 bridgehead atoms. The number of benzene rings is 2. The second-order valence-electron chi connectivity index (χ2n) is 4.77. The molecule has 2 N–H and O–H groups in total. The van der Waals surface area contributed by atoms with Crippen molar-refractivity contribution in [1.82, 2.24) is 20.2 Å². The summed E-state index contributed by atoms with van der Waals surface area (Å²) in [4.78, 5) is 1.18. The lowest BCUT2D eigenvalue weighted by Gasteiger charge is -2.07. The largest absolute Gasteiger partial charge is 0.324 e. The molecule has 0 aliphatic heterocycles. The first-order valence-corrected chi connectivity index (χ1v) is 6.56. The van der Waals surface area contributed by atoms with Crippen LogP contribution in [0.25, 0.3) is 17.1 Å². The highest BCUT2D eigenvalue weighted by atomic mass is 19.1. The van der Waals surface area contributed by atoms with E-state index in [2.05, 4.69) is 15.4 Å². The molecule has 1 atom stereocenters. The number of aromatic nitrogens is 4. The normalized spacial score (nSPS) is 12.3. The van der Waals surface area contributed by atoms with Crippen molar-refractivity contribution in [3.8, 4) is 17.1 Å². The van der Waals surface area contributed by atoms with E-state index < -0.39 is 5.82 Å². The van der Waals surface area contributed by atoms with Crippen molar-refractivity contribution in [2.45, 2.75) is 13.0 Å². The number of hydrogen-bond acceptors (Lipinski definition) is 4. The van der Waals surface area contributed by atoms with Gasteiger partial charge >= 0.3 is 0 Å². The van der Waals surface area contributed by atoms with Crippen molar-refractivity contribution in [2.75, 3.05) is 0 Å². The van der Waals surface area contributed by atoms with Crippen LogP contribution in [-0.2, 0) is 0 Å². The summed E-state index contributed by atoms with van der Waals surface area (Å²) in [6, 6.07) is 13.9. The molecule has 6 heteroatoms. The second-order valence-corrected chi connectivity index (χ2v) is 4.77. The molecule has 3 rings (SSSR count). The number of tetrazole rings is 1. The molecule has 5 nitrogen and oxygen atoms in total. The minimum absolute atomic E-state index is 0.225. The zero-order chi connectivity index (χ0) is 14.8. The van der Waals surface area contributed by atoms with Crippen LogP contribution in [0, 0.1) is 5.82 Å². The number of halogens is 1. The molecule has 0 aliphatic rings. The van der Waals surface area contributed by atoms with Crippen molar-refractivity contribution < 1.29 is 4.39 Å². The summed E-state index contributed by atoms with van der Waals surface area (Å²) in [6.07, 6.45) is 0. The quantitative estimate of drug-likeness (QED) is 0.801. The van der Waals surface area contributed by atoms with E-state index >= 15 is 0 Å². The van der Waals surface area contributed by atoms with Crippen LogP contribution in [0.15, 0.2) is 48.5 Å². The summed E-state index contributed by atoms with van der Waals surface area (Å²) in [7, 11) is 0. The summed E-state index contributed by atoms with van der Waals surface area (Å²) < 4.78 is 14.1. The van der Waals surface area contributed by atoms with Crippen LogP contribution in [0.1, 0.15) is 18.5 Å². The Kier molecular flexibility index (Phi) is 3.45. The first kappa shape index (κ1) is 13.4. The lowest BCUT2D eigenvalue weighted by molar-refractivity contribution is 0.587. The van der Waals surface area contributed by atoms with E-state index in [0.717, 1.165) is 11.1 Å². The molecule has 0 aliphatic carbocycles. The van der Waals surface area contributed by atoms with E-state index in [1.807, 2.05) is 30.3 Å². The van der Waals surface area contributed by atoms with Crippen molar-refractivity contribution in [3.63, 3.8) is 0 Å². The monoisotopic (exact) mass is 283 g/mol. The van der Waals surface area contributed by atoms with Gasteiger partial charge < -0.3 is 5.73 Å². The van der Waals surface area contributed by atoms with Crippen LogP contribution in [0.2, 0.25) is 0 Å². The molecule has 1 heterocycles. The molecule has 106 valence electrons. The Bertz CT molecular complexity index is 752. The lowest BCUT2D eigenvalue weighted by atomic mass is 10.1. The Labute approximate surface area is 121 Å². The molecule has 0 spiro atoms. The van der Waals surface area contributed by atoms with Crippen molar-refractivity contribution in [2.24, 2.45) is 5.73 Å². The summed E-state index contributed by atoms with van der Waals surface area (Å²) in [6.45, 7) is 1.80. The zero-order valence-electron chi connectivity index (χ0n) is 11.4. The maximum Gasteiger partial charge on any atom is 0.205 e. The summed E-state index contributed by atoms with van der Waals surface area (Å²) >= 11 is 0. The van der Waals surface area contributed by atoms with E-state index in [0.29, 0.717) is 5.82 Å². The van der Waals surface area contributed by atoms with Gasteiger partial charge in [-0.15, -0.1) is 15.0 Å². The first-order chi connectivity index (χ1) is 10.1. The number of nitrogens with zero attached hydrogens (tertiary/aromatic N) is 4. The predicted octanol–water partition coefficient (Wildman–Crippen LogP) is 2.49. The van der Waals surface area contributed by atoms with Gasteiger partial charge in [-0.2, -0.15) is 0 Å². The van der Waals surface area contributed by atoms with E-state index in [4.69, 9.17) is 5.73 Å². The standard InChI is InChI=1S/C15H14FN5/c1-10(17)12-7-8-14(13(16)9-12)21-19-15(18-20-21)11-5-3-2-4-6-11/h2-10H,17H2,1H3. The molecule has 0 saturated heterocycles. The number of nitrogens with two attached hydrogens (primary N) is 1. The maximum atomic E-state index is 14.1. The van der Waals surface area contributed by atoms with E-state index in [-0.39, 0.29) is 11.7 Å². The SMILES string of the molecule is CC(N)c1ccc(-n2nnc(-c3ccccc3)n2)c(F)c1. The van der Waals surface area contributed by atoms with Gasteiger partial charge in [0.1, 0.15) is 5.69 Å². The van der Waals surface area contributed by atoms with Crippen LogP contribution >= 0.6 is 0 Å². The van der Waals surface area contributed by atoms with E-state index in [1.165, 1.54) is 10.9 Å². The van der Waals surface area contributed by atoms with Gasteiger partial charge in [-0.3, -0.25) is 0 Å². The molecule has 0 saturated carbocycles. The van der Waals surface area contributed by atoms with Crippen LogP contribution in [-0.4, -0.2) is 20.2 Å². The predicted molar refractivity (Wildman–Crippen MR) is 77.2 cm³/mol. The third kappa shape index (κ3) is 2.66. The summed E-state index contributed by atoms with van der Waals surface area (Å²) in [5.41, 5.74) is 7.53. The van der Waals surface area contributed by atoms with Gasteiger partial charge in [-0.25, -0.2) is 4.39 Å². The molecule has 0 radical (unpaired) electrons. The molecular weight excluding hydrogens is 269 g/mol. The van der Waals surface area contributed by atoms with Crippen LogP contribution < -0.4 is 5.73 Å². The van der Waals surface area contributed by atoms with Gasteiger partial charge in [-0.05, 0) is 29.8 Å². The van der Waals surface area contributed by atoms with Gasteiger partial charge in [0, 0.05) is 11.6 Å². The third-order valence-corrected chi connectivity index (χ3v) is 3.16. The highest BCUT2D eigenvalue weighted by Gasteiger charge is 2.12. The molecule has 0 fully saturated rings. The van der Waals surface area contributed by atoms with E-state index in [1.54, 1.807) is 19.1 Å². The summed E-state index contributed by atoms with van der Waals surface area (Å²) in [5.74, 6) is 0.0214. The molecular formula is C15H14FN5. The van der Waals surface area contributed by atoms with Crippen molar-refractivity contribution in [3.05, 3.63) is 59.9 Å². The Hall–Kier alpha value is -2.60. The zero-order valence-corrected chi connectivity index (χ0v) is 11.4. The van der Waals surface area contributed by atoms with Crippen LogP contribution in [0.3, 0.4) is 0 Å². The minimum Gasteiger partial charge on any atom is -0.324 e. The molecule has 0 amide bonds. The average molecular weight is 283 g/mol. The summed E-state index contributed by atoms with van der Waals surface area (Å²) in [5, 5.41) is 12.1. The van der Waals surface area contributed by atoms with Crippen LogP contribution in [0.4, 0.5) is 4.39 Å². The molecule has 21 heavy (non-hydrogen) atoms. The van der Waals surface area contributed by atoms with Gasteiger partial charge in [0.15, 0.2) is 5.82 Å². The number of rotatable bonds is 3. The maximum absolute atomic E-state index is 14.1. The molecule has 1 unspecified atom stereocenters. The molecule has 3 aromatic rings. The third-order valence-electron chi connectivity index (χ3n) is 3.16. The van der Waals surface area contributed by atoms with Gasteiger partial charge in [0.05, 0.1) is 0 Å². The Morgan fingerprint density at radius 1 is 1.14 bits per heavy atom. The first-order valence-electron chi connectivity index (χ1n) is 6.56. The minimum atomic E-state index is -0.429. The Morgan fingerprint density at radius 2 is 1.90 bits per heavy atom. The fourth-order valence-corrected chi connectivity index (χ4v) is 1.99. The Balaban J connectivity index is 1.97. The van der Waals surface area contributed by atoms with Gasteiger partial charge in [0.2, 0.25) is 5.82 Å². The van der Waals surface area contributed by atoms with E-state index in [9.17, 15) is 4.39 Å². The average Bonchev–Trinajstić information content (AvgIpc) is 2.97. The smallest absolute Gasteiger partial charge is 0.205 e. The highest BCUT2D eigenvalue weighted by Crippen LogP contribution is 2.19. The fraction of sp³-hybridized carbons (Fsp3) is 0.133. The number of hydrogen-bond donors (Lipinski definition) is 1. The fourth-order valence-electron chi connectivity index (χ4n) is 1.99. The van der Waals surface area contributed by atoms with Crippen LogP contribution in [0.5, 0.6) is 0 Å². The van der Waals surface area contributed by atoms with Crippen molar-refractivity contribution in [1.29, 1.82) is 0 Å². The van der Waals surface area contributed by atoms with Gasteiger partial charge in [-0.1, -0.05) is 36.4 Å². The lowest BCUT2D eigenvalue weighted by Crippen LogP contribution is -2.08. The molecule has 2 aromatic carbocycles. The molecule has 1 aromatic heterocycles. The van der Waals surface area contributed by atoms with Crippen molar-refractivity contribution >= 4 is 0 Å².